The number of likely N-dealkylation sites (tertiary alicyclic amines) is 1. The molecule has 0 unspecified atom stereocenters. The van der Waals surface area contributed by atoms with Crippen molar-refractivity contribution in [1.29, 1.82) is 0 Å². The highest BCUT2D eigenvalue weighted by Gasteiger charge is 2.37. The molecule has 0 bridgehead atoms. The Balaban J connectivity index is 1.51. The second kappa shape index (κ2) is 8.78. The fraction of sp³-hybridized carbons (Fsp3) is 0.480. The number of nitrogens with zero attached hydrogens (tertiary/aromatic N) is 2. The number of aromatic nitrogens is 1. The van der Waals surface area contributed by atoms with E-state index in [1.165, 1.54) is 27.4 Å². The maximum Gasteiger partial charge on any atom is 0.237 e. The molecule has 1 aromatic heterocycles. The van der Waals surface area contributed by atoms with Crippen LogP contribution in [0.5, 0.6) is 0 Å². The van der Waals surface area contributed by atoms with Crippen molar-refractivity contribution in [2.45, 2.75) is 65.3 Å². The van der Waals surface area contributed by atoms with Gasteiger partial charge in [-0.25, -0.2) is 0 Å². The molecule has 4 rings (SSSR count). The first-order chi connectivity index (χ1) is 14.5. The van der Waals surface area contributed by atoms with Gasteiger partial charge >= 0.3 is 0 Å². The second-order valence-corrected chi connectivity index (χ2v) is 8.63. The highest BCUT2D eigenvalue weighted by Crippen LogP contribution is 2.30. The van der Waals surface area contributed by atoms with Crippen molar-refractivity contribution in [1.82, 2.24) is 20.1 Å². The van der Waals surface area contributed by atoms with Crippen LogP contribution in [0.3, 0.4) is 0 Å². The summed E-state index contributed by atoms with van der Waals surface area (Å²) < 4.78 is 2.39. The molecule has 2 N–H and O–H groups in total. The topological polar surface area (TPSA) is 49.3 Å². The summed E-state index contributed by atoms with van der Waals surface area (Å²) in [4.78, 5) is 14.8. The molecule has 1 amide bonds. The summed E-state index contributed by atoms with van der Waals surface area (Å²) in [5.41, 5.74) is 3.89. The number of nitrogens with one attached hydrogen (secondary N) is 2. The molecule has 30 heavy (non-hydrogen) atoms. The van der Waals surface area contributed by atoms with E-state index < -0.39 is 0 Å². The van der Waals surface area contributed by atoms with Gasteiger partial charge in [0, 0.05) is 60.1 Å². The van der Waals surface area contributed by atoms with Crippen molar-refractivity contribution in [3.05, 3.63) is 48.0 Å². The normalized spacial score (nSPS) is 19.9. The Morgan fingerprint density at radius 1 is 1.10 bits per heavy atom. The minimum absolute atomic E-state index is 0.0348. The average molecular weight is 407 g/mol. The number of rotatable bonds is 7. The van der Waals surface area contributed by atoms with E-state index in [1.54, 1.807) is 0 Å². The van der Waals surface area contributed by atoms with Gasteiger partial charge in [0.25, 0.3) is 0 Å². The van der Waals surface area contributed by atoms with E-state index in [0.29, 0.717) is 18.6 Å². The Bertz CT molecular complexity index is 1040. The zero-order valence-electron chi connectivity index (χ0n) is 18.6. The maximum atomic E-state index is 12.5. The van der Waals surface area contributed by atoms with Crippen LogP contribution in [0, 0.1) is 0 Å². The van der Waals surface area contributed by atoms with Crippen molar-refractivity contribution in [2.24, 2.45) is 0 Å². The SMILES string of the molecule is CCNC(=O)[C@@H]1C[C@H](NCc2ccc3c(c2)c2ccccc2n3CC)CN1C(C)C. The first-order valence-electron chi connectivity index (χ1n) is 11.3. The molecule has 0 saturated carbocycles. The highest BCUT2D eigenvalue weighted by molar-refractivity contribution is 6.08. The third kappa shape index (κ3) is 3.84. The lowest BCUT2D eigenvalue weighted by Gasteiger charge is -2.27. The third-order valence-electron chi connectivity index (χ3n) is 6.40. The van der Waals surface area contributed by atoms with Crippen molar-refractivity contribution < 1.29 is 4.79 Å². The van der Waals surface area contributed by atoms with Crippen molar-refractivity contribution in [3.8, 4) is 0 Å². The number of amides is 1. The van der Waals surface area contributed by atoms with Crippen LogP contribution in [0.2, 0.25) is 0 Å². The molecule has 0 aliphatic carbocycles. The summed E-state index contributed by atoms with van der Waals surface area (Å²) in [5.74, 6) is 0.157. The first-order valence-corrected chi connectivity index (χ1v) is 11.3. The van der Waals surface area contributed by atoms with Gasteiger partial charge in [-0.1, -0.05) is 24.3 Å². The van der Waals surface area contributed by atoms with Gasteiger partial charge in [0.05, 0.1) is 6.04 Å². The Morgan fingerprint density at radius 2 is 1.87 bits per heavy atom. The van der Waals surface area contributed by atoms with E-state index in [-0.39, 0.29) is 11.9 Å². The van der Waals surface area contributed by atoms with Crippen LogP contribution >= 0.6 is 0 Å². The number of hydrogen-bond acceptors (Lipinski definition) is 3. The van der Waals surface area contributed by atoms with Crippen molar-refractivity contribution in [3.63, 3.8) is 0 Å². The van der Waals surface area contributed by atoms with Crippen LogP contribution in [-0.2, 0) is 17.9 Å². The van der Waals surface area contributed by atoms with E-state index in [2.05, 4.69) is 83.3 Å². The number of aryl methyl sites for hydroxylation is 1. The van der Waals surface area contributed by atoms with Crippen LogP contribution in [0.4, 0.5) is 0 Å². The van der Waals surface area contributed by atoms with E-state index in [9.17, 15) is 4.79 Å². The Hall–Kier alpha value is -2.37. The molecule has 2 heterocycles. The molecule has 1 aliphatic rings. The monoisotopic (exact) mass is 406 g/mol. The number of para-hydroxylation sites is 1. The number of carbonyl (C=O) groups excluding carboxylic acids is 1. The standard InChI is InChI=1S/C25H34N4O/c1-5-26-25(30)24-14-19(16-29(24)17(3)4)27-15-18-11-12-23-21(13-18)20-9-7-8-10-22(20)28(23)6-2/h7-13,17,19,24,27H,5-6,14-16H2,1-4H3,(H,26,30)/t19-,24-/m0/s1. The lowest BCUT2D eigenvalue weighted by Crippen LogP contribution is -2.46. The van der Waals surface area contributed by atoms with Crippen LogP contribution in [0.25, 0.3) is 21.8 Å². The Kier molecular flexibility index (Phi) is 6.11. The van der Waals surface area contributed by atoms with Gasteiger partial charge < -0.3 is 15.2 Å². The summed E-state index contributed by atoms with van der Waals surface area (Å²) in [6, 6.07) is 16.1. The fourth-order valence-corrected chi connectivity index (χ4v) is 4.94. The predicted molar refractivity (Wildman–Crippen MR) is 125 cm³/mol. The van der Waals surface area contributed by atoms with E-state index in [0.717, 1.165) is 26.1 Å². The van der Waals surface area contributed by atoms with Gasteiger partial charge in [0.2, 0.25) is 5.91 Å². The second-order valence-electron chi connectivity index (χ2n) is 8.63. The van der Waals surface area contributed by atoms with Gasteiger partial charge in [-0.05, 0) is 57.9 Å². The minimum Gasteiger partial charge on any atom is -0.355 e. The lowest BCUT2D eigenvalue weighted by molar-refractivity contribution is -0.125. The molecule has 1 aliphatic heterocycles. The molecule has 1 fully saturated rings. The van der Waals surface area contributed by atoms with E-state index >= 15 is 0 Å². The molecule has 1 saturated heterocycles. The first kappa shape index (κ1) is 20.9. The third-order valence-corrected chi connectivity index (χ3v) is 6.40. The molecule has 0 spiro atoms. The van der Waals surface area contributed by atoms with E-state index in [1.807, 2.05) is 6.92 Å². The molecule has 0 radical (unpaired) electrons. The largest absolute Gasteiger partial charge is 0.355 e. The van der Waals surface area contributed by atoms with Crippen LogP contribution in [-0.4, -0.2) is 46.6 Å². The smallest absolute Gasteiger partial charge is 0.237 e. The molecule has 2 aromatic carbocycles. The Morgan fingerprint density at radius 3 is 2.60 bits per heavy atom. The maximum absolute atomic E-state index is 12.5. The molecule has 160 valence electrons. The molecule has 5 nitrogen and oxygen atoms in total. The quantitative estimate of drug-likeness (QED) is 0.626. The summed E-state index contributed by atoms with van der Waals surface area (Å²) in [5, 5.41) is 9.36. The van der Waals surface area contributed by atoms with Crippen LogP contribution in [0.15, 0.2) is 42.5 Å². The number of likely N-dealkylation sites (N-methyl/N-ethyl adjacent to an activating group) is 1. The summed E-state index contributed by atoms with van der Waals surface area (Å²) in [7, 11) is 0. The van der Waals surface area contributed by atoms with Crippen LogP contribution in [0.1, 0.15) is 39.7 Å². The van der Waals surface area contributed by atoms with Gasteiger partial charge in [-0.2, -0.15) is 0 Å². The fourth-order valence-electron chi connectivity index (χ4n) is 4.94. The van der Waals surface area contributed by atoms with Crippen molar-refractivity contribution in [2.75, 3.05) is 13.1 Å². The summed E-state index contributed by atoms with van der Waals surface area (Å²) in [6.07, 6.45) is 0.862. The molecule has 3 aromatic rings. The summed E-state index contributed by atoms with van der Waals surface area (Å²) in [6.45, 7) is 11.9. The van der Waals surface area contributed by atoms with E-state index in [4.69, 9.17) is 0 Å². The zero-order valence-corrected chi connectivity index (χ0v) is 18.6. The van der Waals surface area contributed by atoms with Gasteiger partial charge in [-0.15, -0.1) is 0 Å². The van der Waals surface area contributed by atoms with Gasteiger partial charge in [0.15, 0.2) is 0 Å². The highest BCUT2D eigenvalue weighted by atomic mass is 16.2. The number of benzene rings is 2. The Labute approximate surface area is 179 Å². The zero-order chi connectivity index (χ0) is 21.3. The number of carbonyl (C=O) groups is 1. The molecular formula is C25H34N4O. The number of hydrogen-bond donors (Lipinski definition) is 2. The average Bonchev–Trinajstić information content (AvgIpc) is 3.32. The van der Waals surface area contributed by atoms with Crippen LogP contribution < -0.4 is 10.6 Å². The number of fused-ring (bicyclic) bond motifs is 3. The lowest BCUT2D eigenvalue weighted by atomic mass is 10.1. The molecule has 5 heteroatoms. The summed E-state index contributed by atoms with van der Waals surface area (Å²) >= 11 is 0. The molecule has 2 atom stereocenters. The minimum atomic E-state index is -0.0348. The van der Waals surface area contributed by atoms with Crippen molar-refractivity contribution >= 4 is 27.7 Å². The van der Waals surface area contributed by atoms with Gasteiger partial charge in [0.1, 0.15) is 0 Å². The van der Waals surface area contributed by atoms with Gasteiger partial charge in [-0.3, -0.25) is 9.69 Å². The predicted octanol–water partition coefficient (Wildman–Crippen LogP) is 3.89. The molecular weight excluding hydrogens is 372 g/mol.